The quantitative estimate of drug-likeness (QED) is 0.525. The number of hydrogen-bond donors (Lipinski definition) is 2. The molecule has 0 radical (unpaired) electrons. The van der Waals surface area contributed by atoms with Crippen molar-refractivity contribution in [2.24, 2.45) is 0 Å². The van der Waals surface area contributed by atoms with E-state index in [9.17, 15) is 15.0 Å². The van der Waals surface area contributed by atoms with Crippen molar-refractivity contribution >= 4 is 5.97 Å². The number of aromatic hydroxyl groups is 2. The second-order valence-corrected chi connectivity index (χ2v) is 6.22. The Bertz CT molecular complexity index is 623. The molecular formula is C20H28O4. The van der Waals surface area contributed by atoms with Gasteiger partial charge in [0, 0.05) is 6.07 Å². The van der Waals surface area contributed by atoms with Gasteiger partial charge in [-0.2, -0.15) is 0 Å². The summed E-state index contributed by atoms with van der Waals surface area (Å²) in [6.45, 7) is 8.28. The van der Waals surface area contributed by atoms with Gasteiger partial charge in [-0.3, -0.25) is 0 Å². The van der Waals surface area contributed by atoms with Crippen LogP contribution in [0.5, 0.6) is 11.5 Å². The largest absolute Gasteiger partial charge is 0.508 e. The van der Waals surface area contributed by atoms with Crippen molar-refractivity contribution < 1.29 is 19.7 Å². The van der Waals surface area contributed by atoms with Gasteiger partial charge in [-0.25, -0.2) is 4.79 Å². The molecule has 24 heavy (non-hydrogen) atoms. The van der Waals surface area contributed by atoms with Gasteiger partial charge in [0.25, 0.3) is 0 Å². The summed E-state index contributed by atoms with van der Waals surface area (Å²) in [6, 6.07) is 2.66. The first-order valence-electron chi connectivity index (χ1n) is 8.36. The third-order valence-corrected chi connectivity index (χ3v) is 3.64. The van der Waals surface area contributed by atoms with Crippen LogP contribution in [-0.2, 0) is 11.2 Å². The molecule has 2 N–H and O–H groups in total. The van der Waals surface area contributed by atoms with Gasteiger partial charge in [-0.15, -0.1) is 0 Å². The zero-order valence-corrected chi connectivity index (χ0v) is 15.1. The van der Waals surface area contributed by atoms with Crippen molar-refractivity contribution in [1.29, 1.82) is 0 Å². The van der Waals surface area contributed by atoms with Gasteiger partial charge in [0.1, 0.15) is 23.7 Å². The molecule has 0 aromatic heterocycles. The highest BCUT2D eigenvalue weighted by Crippen LogP contribution is 2.28. The smallest absolute Gasteiger partial charge is 0.342 e. The second kappa shape index (κ2) is 9.81. The fourth-order valence-corrected chi connectivity index (χ4v) is 2.39. The topological polar surface area (TPSA) is 66.8 Å². The lowest BCUT2D eigenvalue weighted by atomic mass is 10.0. The lowest BCUT2D eigenvalue weighted by molar-refractivity contribution is 0.0544. The molecule has 0 amide bonds. The fourth-order valence-electron chi connectivity index (χ4n) is 2.39. The van der Waals surface area contributed by atoms with Crippen LogP contribution in [0, 0.1) is 0 Å². The summed E-state index contributed by atoms with van der Waals surface area (Å²) < 4.78 is 5.26. The number of carbonyl (C=O) groups is 1. The zero-order valence-electron chi connectivity index (χ0n) is 15.1. The van der Waals surface area contributed by atoms with Crippen LogP contribution in [0.2, 0.25) is 0 Å². The molecule has 0 atom stereocenters. The average Bonchev–Trinajstić information content (AvgIpc) is 2.46. The highest BCUT2D eigenvalue weighted by Gasteiger charge is 2.18. The second-order valence-electron chi connectivity index (χ2n) is 6.22. The van der Waals surface area contributed by atoms with Crippen LogP contribution in [0.15, 0.2) is 35.4 Å². The van der Waals surface area contributed by atoms with Crippen LogP contribution < -0.4 is 0 Å². The van der Waals surface area contributed by atoms with Crippen molar-refractivity contribution in [2.45, 2.75) is 53.4 Å². The van der Waals surface area contributed by atoms with E-state index in [1.54, 1.807) is 0 Å². The number of hydrogen-bond acceptors (Lipinski definition) is 4. The Labute approximate surface area is 144 Å². The number of benzene rings is 1. The summed E-state index contributed by atoms with van der Waals surface area (Å²) in [5.74, 6) is -0.862. The molecule has 4 nitrogen and oxygen atoms in total. The van der Waals surface area contributed by atoms with Crippen LogP contribution in [-0.4, -0.2) is 22.8 Å². The van der Waals surface area contributed by atoms with Crippen molar-refractivity contribution in [2.75, 3.05) is 6.61 Å². The van der Waals surface area contributed by atoms with Gasteiger partial charge in [0.15, 0.2) is 0 Å². The van der Waals surface area contributed by atoms with E-state index >= 15 is 0 Å². The Balaban J connectivity index is 2.70. The summed E-state index contributed by atoms with van der Waals surface area (Å²) in [5.41, 5.74) is 3.19. The van der Waals surface area contributed by atoms with Crippen LogP contribution in [0.4, 0.5) is 0 Å². The first kappa shape index (κ1) is 19.8. The van der Waals surface area contributed by atoms with Crippen LogP contribution >= 0.6 is 0 Å². The molecule has 0 heterocycles. The van der Waals surface area contributed by atoms with Crippen molar-refractivity contribution in [3.8, 4) is 11.5 Å². The molecule has 0 fully saturated rings. The van der Waals surface area contributed by atoms with E-state index in [1.165, 1.54) is 11.6 Å². The monoisotopic (exact) mass is 332 g/mol. The maximum Gasteiger partial charge on any atom is 0.342 e. The third-order valence-electron chi connectivity index (χ3n) is 3.64. The molecule has 0 aliphatic heterocycles. The van der Waals surface area contributed by atoms with E-state index in [0.29, 0.717) is 12.0 Å². The third kappa shape index (κ3) is 6.49. The van der Waals surface area contributed by atoms with E-state index in [0.717, 1.165) is 30.9 Å². The van der Waals surface area contributed by atoms with E-state index in [4.69, 9.17) is 4.74 Å². The number of phenols is 2. The van der Waals surface area contributed by atoms with Crippen LogP contribution in [0.1, 0.15) is 62.9 Å². The number of aryl methyl sites for hydroxylation is 1. The number of esters is 1. The standard InChI is InChI=1S/C20H28O4/c1-5-7-16-12-17(21)13-18(22)19(16)20(23)24-11-10-15(4)9-6-8-14(2)3/h8,10,12-13,21-22H,5-7,9,11H2,1-4H3/b15-10+. The Morgan fingerprint density at radius 3 is 2.50 bits per heavy atom. The molecule has 4 heteroatoms. The van der Waals surface area contributed by atoms with Gasteiger partial charge >= 0.3 is 5.97 Å². The number of allylic oxidation sites excluding steroid dienone is 3. The normalized spacial score (nSPS) is 11.2. The highest BCUT2D eigenvalue weighted by atomic mass is 16.5. The molecule has 0 spiro atoms. The Hall–Kier alpha value is -2.23. The number of ether oxygens (including phenoxy) is 1. The maximum absolute atomic E-state index is 12.3. The summed E-state index contributed by atoms with van der Waals surface area (Å²) in [5, 5.41) is 19.5. The van der Waals surface area contributed by atoms with Gasteiger partial charge in [0.2, 0.25) is 0 Å². The molecule has 0 aliphatic carbocycles. The molecule has 0 bridgehead atoms. The van der Waals surface area contributed by atoms with Crippen LogP contribution in [0.25, 0.3) is 0 Å². The summed E-state index contributed by atoms with van der Waals surface area (Å²) in [4.78, 5) is 12.3. The number of rotatable bonds is 8. The minimum atomic E-state index is -0.565. The van der Waals surface area contributed by atoms with Gasteiger partial charge in [-0.1, -0.05) is 30.6 Å². The molecule has 0 aliphatic rings. The first-order chi connectivity index (χ1) is 11.3. The molecular weight excluding hydrogens is 304 g/mol. The van der Waals surface area contributed by atoms with E-state index in [1.807, 2.05) is 19.9 Å². The molecule has 1 rings (SSSR count). The van der Waals surface area contributed by atoms with Crippen LogP contribution in [0.3, 0.4) is 0 Å². The fraction of sp³-hybridized carbons (Fsp3) is 0.450. The maximum atomic E-state index is 12.3. The lowest BCUT2D eigenvalue weighted by Gasteiger charge is -2.11. The number of carbonyl (C=O) groups excluding carboxylic acids is 1. The van der Waals surface area contributed by atoms with Crippen molar-refractivity contribution in [1.82, 2.24) is 0 Å². The minimum Gasteiger partial charge on any atom is -0.508 e. The van der Waals surface area contributed by atoms with E-state index in [2.05, 4.69) is 19.9 Å². The average molecular weight is 332 g/mol. The highest BCUT2D eigenvalue weighted by molar-refractivity contribution is 5.94. The summed E-state index contributed by atoms with van der Waals surface area (Å²) >= 11 is 0. The zero-order chi connectivity index (χ0) is 18.1. The van der Waals surface area contributed by atoms with Crippen molar-refractivity contribution in [3.63, 3.8) is 0 Å². The number of phenolic OH excluding ortho intramolecular Hbond substituents is 2. The van der Waals surface area contributed by atoms with E-state index < -0.39 is 5.97 Å². The predicted molar refractivity (Wildman–Crippen MR) is 96.5 cm³/mol. The minimum absolute atomic E-state index is 0.0532. The summed E-state index contributed by atoms with van der Waals surface area (Å²) in [7, 11) is 0. The molecule has 0 saturated heterocycles. The van der Waals surface area contributed by atoms with E-state index in [-0.39, 0.29) is 23.7 Å². The lowest BCUT2D eigenvalue weighted by Crippen LogP contribution is -2.09. The first-order valence-corrected chi connectivity index (χ1v) is 8.36. The Morgan fingerprint density at radius 1 is 1.17 bits per heavy atom. The molecule has 1 aromatic rings. The predicted octanol–water partition coefficient (Wildman–Crippen LogP) is 4.90. The SMILES string of the molecule is CCCc1cc(O)cc(O)c1C(=O)OC/C=C(\C)CCC=C(C)C. The Morgan fingerprint density at radius 2 is 1.88 bits per heavy atom. The Kier molecular flexibility index (Phi) is 8.10. The molecule has 1 aromatic carbocycles. The van der Waals surface area contributed by atoms with Gasteiger partial charge in [-0.05, 0) is 57.7 Å². The van der Waals surface area contributed by atoms with Gasteiger partial charge in [0.05, 0.1) is 0 Å². The molecule has 132 valence electrons. The van der Waals surface area contributed by atoms with Crippen molar-refractivity contribution in [3.05, 3.63) is 46.6 Å². The summed E-state index contributed by atoms with van der Waals surface area (Å²) in [6.07, 6.45) is 7.34. The molecule has 0 unspecified atom stereocenters. The molecule has 0 saturated carbocycles. The van der Waals surface area contributed by atoms with Gasteiger partial charge < -0.3 is 14.9 Å².